The van der Waals surface area contributed by atoms with Crippen molar-refractivity contribution < 1.29 is 9.52 Å². The lowest BCUT2D eigenvalue weighted by atomic mass is 9.98. The number of hydrogen-bond donors (Lipinski definition) is 2. The summed E-state index contributed by atoms with van der Waals surface area (Å²) in [5.41, 5.74) is 5.30. The Bertz CT molecular complexity index is 424. The molecule has 0 radical (unpaired) electrons. The Morgan fingerprint density at radius 3 is 2.73 bits per heavy atom. The molecule has 0 saturated carbocycles. The van der Waals surface area contributed by atoms with Gasteiger partial charge >= 0.3 is 0 Å². The van der Waals surface area contributed by atoms with E-state index in [1.165, 1.54) is 0 Å². The average molecular weight is 205 g/mol. The number of furan rings is 1. The number of rotatable bonds is 3. The van der Waals surface area contributed by atoms with Gasteiger partial charge in [0.1, 0.15) is 16.9 Å². The van der Waals surface area contributed by atoms with Gasteiger partial charge in [0.25, 0.3) is 0 Å². The fraction of sp³-hybridized carbons (Fsp3) is 0.333. The SMILES string of the molecule is CCC(O)(CN)c1cc2ccccc2o1. The molecule has 0 spiro atoms. The van der Waals surface area contributed by atoms with Crippen molar-refractivity contribution in [2.45, 2.75) is 18.9 Å². The molecule has 0 saturated heterocycles. The van der Waals surface area contributed by atoms with E-state index in [1.54, 1.807) is 0 Å². The van der Waals surface area contributed by atoms with Crippen LogP contribution in [0.2, 0.25) is 0 Å². The van der Waals surface area contributed by atoms with E-state index in [0.717, 1.165) is 11.0 Å². The summed E-state index contributed by atoms with van der Waals surface area (Å²) in [6, 6.07) is 9.53. The van der Waals surface area contributed by atoms with Crippen molar-refractivity contribution in [3.8, 4) is 0 Å². The Hall–Kier alpha value is -1.32. The molecule has 1 unspecified atom stereocenters. The molecule has 0 amide bonds. The van der Waals surface area contributed by atoms with Gasteiger partial charge in [-0.15, -0.1) is 0 Å². The Balaban J connectivity index is 2.52. The van der Waals surface area contributed by atoms with Gasteiger partial charge in [0.05, 0.1) is 0 Å². The molecule has 0 aliphatic heterocycles. The van der Waals surface area contributed by atoms with Crippen molar-refractivity contribution in [3.05, 3.63) is 36.1 Å². The number of nitrogens with two attached hydrogens (primary N) is 1. The molecule has 1 aromatic carbocycles. The summed E-state index contributed by atoms with van der Waals surface area (Å²) in [6.45, 7) is 2.06. The first kappa shape index (κ1) is 10.2. The highest BCUT2D eigenvalue weighted by Crippen LogP contribution is 2.29. The predicted octanol–water partition coefficient (Wildman–Crippen LogP) is 1.99. The van der Waals surface area contributed by atoms with Crippen LogP contribution in [0.5, 0.6) is 0 Å². The maximum atomic E-state index is 10.2. The zero-order chi connectivity index (χ0) is 10.9. The minimum atomic E-state index is -1.04. The Morgan fingerprint density at radius 2 is 2.13 bits per heavy atom. The van der Waals surface area contributed by atoms with Crippen molar-refractivity contribution in [3.63, 3.8) is 0 Å². The molecule has 2 aromatic rings. The highest BCUT2D eigenvalue weighted by molar-refractivity contribution is 5.77. The summed E-state index contributed by atoms with van der Waals surface area (Å²) in [4.78, 5) is 0. The van der Waals surface area contributed by atoms with E-state index in [2.05, 4.69) is 0 Å². The van der Waals surface area contributed by atoms with Gasteiger partial charge in [-0.1, -0.05) is 25.1 Å². The van der Waals surface area contributed by atoms with Crippen molar-refractivity contribution in [1.29, 1.82) is 0 Å². The van der Waals surface area contributed by atoms with Crippen LogP contribution in [0.25, 0.3) is 11.0 Å². The highest BCUT2D eigenvalue weighted by atomic mass is 16.4. The quantitative estimate of drug-likeness (QED) is 0.805. The summed E-state index contributed by atoms with van der Waals surface area (Å²) in [5, 5.41) is 11.2. The Labute approximate surface area is 88.5 Å². The lowest BCUT2D eigenvalue weighted by molar-refractivity contribution is 0.0213. The third kappa shape index (κ3) is 1.64. The van der Waals surface area contributed by atoms with Crippen LogP contribution >= 0.6 is 0 Å². The monoisotopic (exact) mass is 205 g/mol. The van der Waals surface area contributed by atoms with Crippen LogP contribution in [0.4, 0.5) is 0 Å². The standard InChI is InChI=1S/C12H15NO2/c1-2-12(14,8-13)11-7-9-5-3-4-6-10(9)15-11/h3-7,14H,2,8,13H2,1H3. The molecule has 80 valence electrons. The number of hydrogen-bond acceptors (Lipinski definition) is 3. The number of aliphatic hydroxyl groups is 1. The van der Waals surface area contributed by atoms with E-state index in [9.17, 15) is 5.11 Å². The molecular formula is C12H15NO2. The molecule has 0 bridgehead atoms. The first-order chi connectivity index (χ1) is 7.19. The number of para-hydroxylation sites is 1. The number of benzene rings is 1. The van der Waals surface area contributed by atoms with Crippen LogP contribution in [0.1, 0.15) is 19.1 Å². The van der Waals surface area contributed by atoms with Crippen molar-refractivity contribution >= 4 is 11.0 Å². The fourth-order valence-electron chi connectivity index (χ4n) is 1.63. The van der Waals surface area contributed by atoms with Crippen molar-refractivity contribution in [1.82, 2.24) is 0 Å². The summed E-state index contributed by atoms with van der Waals surface area (Å²) in [7, 11) is 0. The molecule has 3 N–H and O–H groups in total. The lowest BCUT2D eigenvalue weighted by Gasteiger charge is -2.21. The van der Waals surface area contributed by atoms with Crippen LogP contribution in [-0.4, -0.2) is 11.7 Å². The topological polar surface area (TPSA) is 59.4 Å². The highest BCUT2D eigenvalue weighted by Gasteiger charge is 2.29. The molecule has 0 aliphatic carbocycles. The van der Waals surface area contributed by atoms with Crippen LogP contribution in [0, 0.1) is 0 Å². The first-order valence-corrected chi connectivity index (χ1v) is 5.11. The second kappa shape index (κ2) is 3.68. The molecule has 3 nitrogen and oxygen atoms in total. The summed E-state index contributed by atoms with van der Waals surface area (Å²) in [6.07, 6.45) is 0.545. The minimum absolute atomic E-state index is 0.170. The third-order valence-corrected chi connectivity index (χ3v) is 2.81. The molecule has 15 heavy (non-hydrogen) atoms. The van der Waals surface area contributed by atoms with E-state index in [-0.39, 0.29) is 6.54 Å². The maximum Gasteiger partial charge on any atom is 0.138 e. The van der Waals surface area contributed by atoms with E-state index in [4.69, 9.17) is 10.2 Å². The largest absolute Gasteiger partial charge is 0.458 e. The molecule has 0 fully saturated rings. The van der Waals surface area contributed by atoms with Gasteiger partial charge in [0.15, 0.2) is 0 Å². The molecule has 1 heterocycles. The van der Waals surface area contributed by atoms with Crippen molar-refractivity contribution in [2.24, 2.45) is 5.73 Å². The second-order valence-electron chi connectivity index (χ2n) is 3.74. The Kier molecular flexibility index (Phi) is 2.50. The van der Waals surface area contributed by atoms with Crippen LogP contribution in [0.3, 0.4) is 0 Å². The first-order valence-electron chi connectivity index (χ1n) is 5.11. The average Bonchev–Trinajstić information content (AvgIpc) is 2.72. The third-order valence-electron chi connectivity index (χ3n) is 2.81. The zero-order valence-electron chi connectivity index (χ0n) is 8.73. The molecule has 2 rings (SSSR count). The summed E-state index contributed by atoms with van der Waals surface area (Å²) in [5.74, 6) is 0.550. The molecule has 3 heteroatoms. The summed E-state index contributed by atoms with van der Waals surface area (Å²) < 4.78 is 5.58. The smallest absolute Gasteiger partial charge is 0.138 e. The van der Waals surface area contributed by atoms with Gasteiger partial charge < -0.3 is 15.3 Å². The fourth-order valence-corrected chi connectivity index (χ4v) is 1.63. The van der Waals surface area contributed by atoms with Gasteiger partial charge in [0.2, 0.25) is 0 Å². The van der Waals surface area contributed by atoms with Gasteiger partial charge in [-0.05, 0) is 18.6 Å². The maximum absolute atomic E-state index is 10.2. The van der Waals surface area contributed by atoms with Crippen LogP contribution in [-0.2, 0) is 5.60 Å². The minimum Gasteiger partial charge on any atom is -0.458 e. The van der Waals surface area contributed by atoms with E-state index in [0.29, 0.717) is 12.2 Å². The molecule has 1 aromatic heterocycles. The summed E-state index contributed by atoms with van der Waals surface area (Å²) >= 11 is 0. The van der Waals surface area contributed by atoms with Crippen LogP contribution in [0.15, 0.2) is 34.7 Å². The molecule has 0 aliphatic rings. The van der Waals surface area contributed by atoms with Crippen molar-refractivity contribution in [2.75, 3.05) is 6.54 Å². The van der Waals surface area contributed by atoms with Crippen LogP contribution < -0.4 is 5.73 Å². The van der Waals surface area contributed by atoms with E-state index < -0.39 is 5.60 Å². The van der Waals surface area contributed by atoms with Gasteiger partial charge in [-0.2, -0.15) is 0 Å². The van der Waals surface area contributed by atoms with Gasteiger partial charge in [0, 0.05) is 11.9 Å². The number of fused-ring (bicyclic) bond motifs is 1. The zero-order valence-corrected chi connectivity index (χ0v) is 8.73. The predicted molar refractivity (Wildman–Crippen MR) is 59.5 cm³/mol. The lowest BCUT2D eigenvalue weighted by Crippen LogP contribution is -2.33. The Morgan fingerprint density at radius 1 is 1.40 bits per heavy atom. The van der Waals surface area contributed by atoms with Gasteiger partial charge in [-0.3, -0.25) is 0 Å². The molecule has 1 atom stereocenters. The van der Waals surface area contributed by atoms with E-state index in [1.807, 2.05) is 37.3 Å². The van der Waals surface area contributed by atoms with Gasteiger partial charge in [-0.25, -0.2) is 0 Å². The second-order valence-corrected chi connectivity index (χ2v) is 3.74. The molecular weight excluding hydrogens is 190 g/mol. The normalized spacial score (nSPS) is 15.4. The van der Waals surface area contributed by atoms with E-state index >= 15 is 0 Å².